The number of allylic oxidation sites excluding steroid dienone is 1. The number of hydrogen-bond acceptors (Lipinski definition) is 7. The van der Waals surface area contributed by atoms with Crippen molar-refractivity contribution in [3.05, 3.63) is 42.0 Å². The zero-order valence-corrected chi connectivity index (χ0v) is 18.8. The number of ether oxygens (including phenoxy) is 1. The van der Waals surface area contributed by atoms with Gasteiger partial charge in [0.05, 0.1) is 13.2 Å². The molecule has 5 atom stereocenters. The normalized spacial score (nSPS) is 32.4. The number of methoxy groups -OCH3 is 1. The molecular weight excluding hydrogens is 426 g/mol. The molecule has 1 aromatic carbocycles. The number of aliphatic hydroxyl groups excluding tert-OH is 1. The number of amides is 1. The lowest BCUT2D eigenvalue weighted by Gasteiger charge is -2.61. The van der Waals surface area contributed by atoms with Gasteiger partial charge in [0.15, 0.2) is 11.5 Å². The molecule has 5 rings (SSSR count). The first kappa shape index (κ1) is 23.0. The molecule has 33 heavy (non-hydrogen) atoms. The molecule has 0 aliphatic heterocycles. The molecule has 0 unspecified atom stereocenters. The second-order valence-corrected chi connectivity index (χ2v) is 9.62. The Morgan fingerprint density at radius 3 is 2.73 bits per heavy atom. The number of aliphatic hydroxyl groups is 1. The van der Waals surface area contributed by atoms with Gasteiger partial charge in [-0.05, 0) is 61.3 Å². The SMILES string of the molecule is C=C1[C@H]2CC[C@@]3(C=CC(=O)[C@@](C)(CCC(=O)Nc4c(O)ccc(C(=O)OC)c4O)[C@@H]3C2)[C@H]1O. The number of ketones is 1. The molecule has 8 heteroatoms. The van der Waals surface area contributed by atoms with Crippen LogP contribution < -0.4 is 5.32 Å². The summed E-state index contributed by atoms with van der Waals surface area (Å²) >= 11 is 0. The van der Waals surface area contributed by atoms with Crippen molar-refractivity contribution >= 4 is 23.3 Å². The lowest BCUT2D eigenvalue weighted by atomic mass is 9.43. The van der Waals surface area contributed by atoms with Gasteiger partial charge >= 0.3 is 5.97 Å². The van der Waals surface area contributed by atoms with Crippen LogP contribution in [-0.2, 0) is 14.3 Å². The van der Waals surface area contributed by atoms with Crippen molar-refractivity contribution in [3.8, 4) is 11.5 Å². The summed E-state index contributed by atoms with van der Waals surface area (Å²) in [7, 11) is 1.15. The predicted octanol–water partition coefficient (Wildman–Crippen LogP) is 3.08. The third-order valence-corrected chi connectivity index (χ3v) is 8.05. The van der Waals surface area contributed by atoms with Crippen LogP contribution in [0.2, 0.25) is 0 Å². The maximum atomic E-state index is 13.0. The minimum absolute atomic E-state index is 0.0499. The van der Waals surface area contributed by atoms with E-state index >= 15 is 0 Å². The highest BCUT2D eigenvalue weighted by atomic mass is 16.5. The summed E-state index contributed by atoms with van der Waals surface area (Å²) in [4.78, 5) is 37.6. The van der Waals surface area contributed by atoms with E-state index in [1.165, 1.54) is 18.2 Å². The summed E-state index contributed by atoms with van der Waals surface area (Å²) in [5, 5.41) is 33.8. The predicted molar refractivity (Wildman–Crippen MR) is 120 cm³/mol. The Hall–Kier alpha value is -3.13. The Morgan fingerprint density at radius 2 is 2.03 bits per heavy atom. The van der Waals surface area contributed by atoms with Gasteiger partial charge in [0.2, 0.25) is 5.91 Å². The molecule has 176 valence electrons. The lowest BCUT2D eigenvalue weighted by molar-refractivity contribution is -0.145. The molecule has 4 aliphatic rings. The number of phenols is 2. The van der Waals surface area contributed by atoms with Crippen molar-refractivity contribution < 1.29 is 34.4 Å². The Morgan fingerprint density at radius 1 is 1.30 bits per heavy atom. The number of carbonyl (C=O) groups excluding carboxylic acids is 3. The van der Waals surface area contributed by atoms with Crippen LogP contribution in [0, 0.1) is 22.7 Å². The van der Waals surface area contributed by atoms with E-state index < -0.39 is 40.3 Å². The van der Waals surface area contributed by atoms with E-state index in [4.69, 9.17) is 0 Å². The Labute approximate surface area is 191 Å². The average molecular weight is 456 g/mol. The number of phenolic OH excluding ortho intramolecular Hbond substituents is 2. The first-order valence-corrected chi connectivity index (χ1v) is 11.1. The van der Waals surface area contributed by atoms with Crippen LogP contribution >= 0.6 is 0 Å². The topological polar surface area (TPSA) is 133 Å². The molecule has 2 bridgehead atoms. The highest BCUT2D eigenvalue weighted by Crippen LogP contribution is 2.64. The molecule has 3 saturated carbocycles. The van der Waals surface area contributed by atoms with Crippen LogP contribution in [0.4, 0.5) is 5.69 Å². The van der Waals surface area contributed by atoms with Crippen molar-refractivity contribution in [2.45, 2.75) is 45.1 Å². The first-order chi connectivity index (χ1) is 15.5. The second-order valence-electron chi connectivity index (χ2n) is 9.62. The molecular formula is C25H29NO7. The number of aromatic hydroxyl groups is 2. The zero-order chi connectivity index (χ0) is 24.1. The molecule has 0 heterocycles. The fourth-order valence-corrected chi connectivity index (χ4v) is 6.04. The van der Waals surface area contributed by atoms with Gasteiger partial charge in [-0.25, -0.2) is 4.79 Å². The van der Waals surface area contributed by atoms with Crippen LogP contribution in [0.25, 0.3) is 0 Å². The maximum Gasteiger partial charge on any atom is 0.341 e. The van der Waals surface area contributed by atoms with Crippen LogP contribution in [0.3, 0.4) is 0 Å². The number of benzene rings is 1. The fourth-order valence-electron chi connectivity index (χ4n) is 6.04. The third kappa shape index (κ3) is 3.44. The van der Waals surface area contributed by atoms with E-state index in [0.717, 1.165) is 31.9 Å². The van der Waals surface area contributed by atoms with Gasteiger partial charge in [-0.2, -0.15) is 0 Å². The molecule has 0 aromatic heterocycles. The van der Waals surface area contributed by atoms with Gasteiger partial charge in [-0.15, -0.1) is 0 Å². The number of nitrogens with one attached hydrogen (secondary N) is 1. The van der Waals surface area contributed by atoms with Gasteiger partial charge in [0, 0.05) is 17.3 Å². The molecule has 4 N–H and O–H groups in total. The number of esters is 1. The Kier molecular flexibility index (Phi) is 5.60. The monoisotopic (exact) mass is 455 g/mol. The van der Waals surface area contributed by atoms with E-state index in [9.17, 15) is 29.7 Å². The molecule has 0 saturated heterocycles. The zero-order valence-electron chi connectivity index (χ0n) is 18.8. The third-order valence-electron chi connectivity index (χ3n) is 8.05. The molecule has 1 aromatic rings. The minimum atomic E-state index is -0.843. The summed E-state index contributed by atoms with van der Waals surface area (Å²) in [5.74, 6) is -2.35. The maximum absolute atomic E-state index is 13.0. The number of rotatable bonds is 5. The Bertz CT molecular complexity index is 1080. The molecule has 4 aliphatic carbocycles. The number of anilines is 1. The van der Waals surface area contributed by atoms with E-state index in [1.807, 2.05) is 13.0 Å². The van der Waals surface area contributed by atoms with Gasteiger partial charge < -0.3 is 25.4 Å². The smallest absolute Gasteiger partial charge is 0.341 e. The fraction of sp³-hybridized carbons (Fsp3) is 0.480. The number of carbonyl (C=O) groups is 3. The molecule has 0 radical (unpaired) electrons. The molecule has 1 spiro atoms. The molecule has 3 fully saturated rings. The molecule has 1 amide bonds. The summed E-state index contributed by atoms with van der Waals surface area (Å²) in [6, 6.07) is 2.37. The van der Waals surface area contributed by atoms with Crippen LogP contribution in [0.1, 0.15) is 49.4 Å². The second kappa shape index (κ2) is 8.02. The summed E-state index contributed by atoms with van der Waals surface area (Å²) in [5.41, 5.74) is -1.05. The summed E-state index contributed by atoms with van der Waals surface area (Å²) in [6.07, 6.45) is 5.31. The summed E-state index contributed by atoms with van der Waals surface area (Å²) in [6.45, 7) is 5.93. The van der Waals surface area contributed by atoms with Crippen molar-refractivity contribution in [2.24, 2.45) is 22.7 Å². The first-order valence-electron chi connectivity index (χ1n) is 11.1. The van der Waals surface area contributed by atoms with Crippen molar-refractivity contribution in [1.82, 2.24) is 0 Å². The van der Waals surface area contributed by atoms with Crippen LogP contribution in [0.15, 0.2) is 36.4 Å². The van der Waals surface area contributed by atoms with Gasteiger partial charge in [0.25, 0.3) is 0 Å². The highest BCUT2D eigenvalue weighted by molar-refractivity contribution is 6.01. The van der Waals surface area contributed by atoms with E-state index in [2.05, 4.69) is 16.6 Å². The van der Waals surface area contributed by atoms with E-state index in [0.29, 0.717) is 0 Å². The van der Waals surface area contributed by atoms with Gasteiger partial charge in [-0.3, -0.25) is 9.59 Å². The van der Waals surface area contributed by atoms with Crippen LogP contribution in [-0.4, -0.2) is 46.2 Å². The lowest BCUT2D eigenvalue weighted by Crippen LogP contribution is -2.60. The number of hydrogen-bond donors (Lipinski definition) is 4. The van der Waals surface area contributed by atoms with Crippen molar-refractivity contribution in [2.75, 3.05) is 12.4 Å². The average Bonchev–Trinajstić information content (AvgIpc) is 2.80. The minimum Gasteiger partial charge on any atom is -0.506 e. The highest BCUT2D eigenvalue weighted by Gasteiger charge is 2.62. The van der Waals surface area contributed by atoms with Gasteiger partial charge in [0.1, 0.15) is 17.0 Å². The van der Waals surface area contributed by atoms with E-state index in [-0.39, 0.29) is 41.7 Å². The number of fused-ring (bicyclic) bond motifs is 2. The van der Waals surface area contributed by atoms with Crippen molar-refractivity contribution in [3.63, 3.8) is 0 Å². The molecule has 8 nitrogen and oxygen atoms in total. The van der Waals surface area contributed by atoms with E-state index in [1.54, 1.807) is 0 Å². The Balaban J connectivity index is 1.53. The quantitative estimate of drug-likeness (QED) is 0.305. The largest absolute Gasteiger partial charge is 0.506 e. The standard InChI is InChI=1S/C25H29NO7/c1-13-14-6-10-25(22(13)31)11-7-18(28)24(2,17(25)12-14)9-8-19(29)26-20-16(27)5-4-15(21(20)30)23(32)33-3/h4-5,7,11,14,17,22,27,30-31H,1,6,8-10,12H2,2-3H3,(H,26,29)/t14-,17-,22-,24-,25-/m0/s1. The van der Waals surface area contributed by atoms with Gasteiger partial charge in [-0.1, -0.05) is 19.6 Å². The van der Waals surface area contributed by atoms with Crippen LogP contribution in [0.5, 0.6) is 11.5 Å². The summed E-state index contributed by atoms with van der Waals surface area (Å²) < 4.78 is 4.60. The van der Waals surface area contributed by atoms with Crippen molar-refractivity contribution in [1.29, 1.82) is 0 Å².